The van der Waals surface area contributed by atoms with Crippen molar-refractivity contribution in [3.05, 3.63) is 29.3 Å². The number of fused-ring (bicyclic) bond motifs is 1. The summed E-state index contributed by atoms with van der Waals surface area (Å²) < 4.78 is 1.21. The molecule has 0 aliphatic rings. The van der Waals surface area contributed by atoms with Gasteiger partial charge in [0.15, 0.2) is 0 Å². The number of aromatic nitrogens is 1. The van der Waals surface area contributed by atoms with Crippen molar-refractivity contribution in [1.82, 2.24) is 10.3 Å². The molecule has 0 bridgehead atoms. The van der Waals surface area contributed by atoms with Gasteiger partial charge in [-0.05, 0) is 36.9 Å². The molecule has 0 radical (unpaired) electrons. The van der Waals surface area contributed by atoms with Gasteiger partial charge in [0, 0.05) is 18.8 Å². The third-order valence-electron chi connectivity index (χ3n) is 2.77. The standard InChI is InChI=1S/C13H15N3S/c1-9(6-14)7-15-10(2)11-5-13-12(16-8-11)3-4-17-13/h3-5,8-10,15H,7H2,1-2H3. The van der Waals surface area contributed by atoms with E-state index in [9.17, 15) is 0 Å². The van der Waals surface area contributed by atoms with E-state index in [1.807, 2.05) is 19.2 Å². The Balaban J connectivity index is 2.08. The minimum atomic E-state index is 0.0379. The summed E-state index contributed by atoms with van der Waals surface area (Å²) in [6, 6.07) is 6.64. The van der Waals surface area contributed by atoms with E-state index in [1.165, 1.54) is 10.3 Å². The Morgan fingerprint density at radius 1 is 1.53 bits per heavy atom. The van der Waals surface area contributed by atoms with Gasteiger partial charge in [0.2, 0.25) is 0 Å². The zero-order chi connectivity index (χ0) is 12.3. The summed E-state index contributed by atoms with van der Waals surface area (Å²) in [6.45, 7) is 4.72. The lowest BCUT2D eigenvalue weighted by Crippen LogP contribution is -2.23. The zero-order valence-electron chi connectivity index (χ0n) is 9.97. The van der Waals surface area contributed by atoms with Crippen LogP contribution in [-0.4, -0.2) is 11.5 Å². The van der Waals surface area contributed by atoms with Crippen LogP contribution in [0.2, 0.25) is 0 Å². The lowest BCUT2D eigenvalue weighted by atomic mass is 10.1. The molecule has 2 rings (SSSR count). The summed E-state index contributed by atoms with van der Waals surface area (Å²) in [4.78, 5) is 4.41. The van der Waals surface area contributed by atoms with Gasteiger partial charge in [-0.3, -0.25) is 4.98 Å². The monoisotopic (exact) mass is 245 g/mol. The first kappa shape index (κ1) is 12.0. The van der Waals surface area contributed by atoms with Gasteiger partial charge in [-0.2, -0.15) is 5.26 Å². The Labute approximate surface area is 105 Å². The highest BCUT2D eigenvalue weighted by atomic mass is 32.1. The minimum Gasteiger partial charge on any atom is -0.309 e. The van der Waals surface area contributed by atoms with Crippen LogP contribution in [0.4, 0.5) is 0 Å². The van der Waals surface area contributed by atoms with Crippen molar-refractivity contribution in [2.75, 3.05) is 6.54 Å². The number of thiophene rings is 1. The second-order valence-corrected chi connectivity index (χ2v) is 5.18. The highest BCUT2D eigenvalue weighted by molar-refractivity contribution is 7.17. The molecule has 0 aliphatic heterocycles. The maximum Gasteiger partial charge on any atom is 0.0809 e. The Bertz CT molecular complexity index is 541. The number of nitrogens with one attached hydrogen (secondary N) is 1. The normalized spacial score (nSPS) is 14.4. The number of nitrogens with zero attached hydrogens (tertiary/aromatic N) is 2. The van der Waals surface area contributed by atoms with Crippen molar-refractivity contribution in [2.45, 2.75) is 19.9 Å². The molecule has 17 heavy (non-hydrogen) atoms. The SMILES string of the molecule is CC(C#N)CNC(C)c1cnc2ccsc2c1. The Morgan fingerprint density at radius 3 is 3.12 bits per heavy atom. The molecule has 0 saturated heterocycles. The second kappa shape index (κ2) is 5.26. The molecule has 2 unspecified atom stereocenters. The molecule has 4 heteroatoms. The molecule has 1 N–H and O–H groups in total. The van der Waals surface area contributed by atoms with Gasteiger partial charge in [0.05, 0.1) is 22.2 Å². The summed E-state index contributed by atoms with van der Waals surface area (Å²) >= 11 is 1.71. The average Bonchev–Trinajstić information content (AvgIpc) is 2.82. The highest BCUT2D eigenvalue weighted by Gasteiger charge is 2.08. The largest absolute Gasteiger partial charge is 0.309 e. The first-order valence-corrected chi connectivity index (χ1v) is 6.55. The molecule has 0 fully saturated rings. The molecule has 2 heterocycles. The average molecular weight is 245 g/mol. The molecule has 0 saturated carbocycles. The molecule has 0 aromatic carbocycles. The molecule has 2 atom stereocenters. The van der Waals surface area contributed by atoms with Gasteiger partial charge in [-0.1, -0.05) is 0 Å². The number of hydrogen-bond donors (Lipinski definition) is 1. The van der Waals surface area contributed by atoms with Crippen LogP contribution in [0.3, 0.4) is 0 Å². The Hall–Kier alpha value is -1.44. The molecule has 0 amide bonds. The zero-order valence-corrected chi connectivity index (χ0v) is 10.8. The van der Waals surface area contributed by atoms with Crippen LogP contribution in [0.1, 0.15) is 25.5 Å². The van der Waals surface area contributed by atoms with Gasteiger partial charge in [0.1, 0.15) is 0 Å². The first-order valence-electron chi connectivity index (χ1n) is 5.67. The fourth-order valence-electron chi connectivity index (χ4n) is 1.62. The van der Waals surface area contributed by atoms with E-state index in [-0.39, 0.29) is 12.0 Å². The van der Waals surface area contributed by atoms with Crippen molar-refractivity contribution >= 4 is 21.6 Å². The number of nitriles is 1. The quantitative estimate of drug-likeness (QED) is 0.900. The molecule has 3 nitrogen and oxygen atoms in total. The Morgan fingerprint density at radius 2 is 2.35 bits per heavy atom. The predicted octanol–water partition coefficient (Wildman–Crippen LogP) is 3.11. The van der Waals surface area contributed by atoms with E-state index in [2.05, 4.69) is 34.7 Å². The van der Waals surface area contributed by atoms with Gasteiger partial charge < -0.3 is 5.32 Å². The molecule has 0 aliphatic carbocycles. The predicted molar refractivity (Wildman–Crippen MR) is 70.8 cm³/mol. The maximum absolute atomic E-state index is 8.73. The van der Waals surface area contributed by atoms with E-state index < -0.39 is 0 Å². The van der Waals surface area contributed by atoms with Crippen molar-refractivity contribution in [1.29, 1.82) is 5.26 Å². The molecular weight excluding hydrogens is 230 g/mol. The van der Waals surface area contributed by atoms with Crippen LogP contribution in [-0.2, 0) is 0 Å². The van der Waals surface area contributed by atoms with Gasteiger partial charge >= 0.3 is 0 Å². The smallest absolute Gasteiger partial charge is 0.0809 e. The fraction of sp³-hybridized carbons (Fsp3) is 0.385. The first-order chi connectivity index (χ1) is 8.20. The summed E-state index contributed by atoms with van der Waals surface area (Å²) in [5.74, 6) is 0.0379. The summed E-state index contributed by atoms with van der Waals surface area (Å²) in [7, 11) is 0. The van der Waals surface area contributed by atoms with E-state index in [1.54, 1.807) is 11.3 Å². The number of rotatable bonds is 4. The van der Waals surface area contributed by atoms with Crippen LogP contribution in [0, 0.1) is 17.2 Å². The summed E-state index contributed by atoms with van der Waals surface area (Å²) in [5.41, 5.74) is 2.22. The van der Waals surface area contributed by atoms with Crippen LogP contribution in [0.25, 0.3) is 10.2 Å². The topological polar surface area (TPSA) is 48.7 Å². The van der Waals surface area contributed by atoms with Crippen molar-refractivity contribution < 1.29 is 0 Å². The molecule has 2 aromatic heterocycles. The molecule has 88 valence electrons. The maximum atomic E-state index is 8.73. The van der Waals surface area contributed by atoms with Crippen LogP contribution >= 0.6 is 11.3 Å². The van der Waals surface area contributed by atoms with E-state index >= 15 is 0 Å². The van der Waals surface area contributed by atoms with E-state index in [0.29, 0.717) is 6.54 Å². The lowest BCUT2D eigenvalue weighted by Gasteiger charge is -2.14. The van der Waals surface area contributed by atoms with Crippen LogP contribution in [0.5, 0.6) is 0 Å². The van der Waals surface area contributed by atoms with E-state index in [0.717, 1.165) is 5.52 Å². The minimum absolute atomic E-state index is 0.0379. The van der Waals surface area contributed by atoms with Crippen molar-refractivity contribution in [2.24, 2.45) is 5.92 Å². The van der Waals surface area contributed by atoms with Gasteiger partial charge in [-0.15, -0.1) is 11.3 Å². The van der Waals surface area contributed by atoms with Crippen LogP contribution in [0.15, 0.2) is 23.7 Å². The molecule has 0 spiro atoms. The number of pyridine rings is 1. The Kier molecular flexibility index (Phi) is 3.72. The third kappa shape index (κ3) is 2.82. The fourth-order valence-corrected chi connectivity index (χ4v) is 2.40. The summed E-state index contributed by atoms with van der Waals surface area (Å²) in [5, 5.41) is 14.1. The van der Waals surface area contributed by atoms with Gasteiger partial charge in [-0.25, -0.2) is 0 Å². The van der Waals surface area contributed by atoms with Crippen molar-refractivity contribution in [3.8, 4) is 6.07 Å². The molecular formula is C13H15N3S. The summed E-state index contributed by atoms with van der Waals surface area (Å²) in [6.07, 6.45) is 1.91. The lowest BCUT2D eigenvalue weighted by molar-refractivity contribution is 0.527. The van der Waals surface area contributed by atoms with Crippen LogP contribution < -0.4 is 5.32 Å². The highest BCUT2D eigenvalue weighted by Crippen LogP contribution is 2.22. The number of hydrogen-bond acceptors (Lipinski definition) is 4. The van der Waals surface area contributed by atoms with E-state index in [4.69, 9.17) is 5.26 Å². The van der Waals surface area contributed by atoms with Crippen molar-refractivity contribution in [3.63, 3.8) is 0 Å². The second-order valence-electron chi connectivity index (χ2n) is 4.23. The van der Waals surface area contributed by atoms with Gasteiger partial charge in [0.25, 0.3) is 0 Å². The third-order valence-corrected chi connectivity index (χ3v) is 3.63. The molecule has 2 aromatic rings.